The number of primary amides is 1. The Hall–Kier alpha value is -4.10. The van der Waals surface area contributed by atoms with E-state index in [1.165, 1.54) is 0 Å². The molecule has 2 atom stereocenters. The second-order valence-corrected chi connectivity index (χ2v) is 10.1. The normalized spacial score (nSPS) is 12.4. The molecule has 202 valence electrons. The first-order chi connectivity index (χ1) is 17.7. The number of halogens is 1. The van der Waals surface area contributed by atoms with Gasteiger partial charge in [0.15, 0.2) is 0 Å². The predicted molar refractivity (Wildman–Crippen MR) is 143 cm³/mol. The van der Waals surface area contributed by atoms with Gasteiger partial charge in [-0.3, -0.25) is 14.4 Å². The Morgan fingerprint density at radius 1 is 1.13 bits per heavy atom. The lowest BCUT2D eigenvalue weighted by Gasteiger charge is -2.33. The van der Waals surface area contributed by atoms with Crippen molar-refractivity contribution < 1.29 is 23.9 Å². The third-order valence-electron chi connectivity index (χ3n) is 5.31. The van der Waals surface area contributed by atoms with E-state index in [2.05, 4.69) is 10.6 Å². The quantitative estimate of drug-likeness (QED) is 0.410. The van der Waals surface area contributed by atoms with Gasteiger partial charge in [0.2, 0.25) is 11.8 Å². The number of nitrogens with one attached hydrogen (secondary N) is 2. The molecular weight excluding hydrogens is 510 g/mol. The van der Waals surface area contributed by atoms with Crippen molar-refractivity contribution >= 4 is 41.1 Å². The summed E-state index contributed by atoms with van der Waals surface area (Å²) >= 11 is 6.31. The Morgan fingerprint density at radius 2 is 1.79 bits per heavy atom. The van der Waals surface area contributed by atoms with Crippen LogP contribution in [0.15, 0.2) is 42.5 Å². The zero-order chi connectivity index (χ0) is 28.6. The molecule has 0 fully saturated rings. The molecule has 4 amide bonds. The van der Waals surface area contributed by atoms with E-state index in [0.29, 0.717) is 16.8 Å². The maximum absolute atomic E-state index is 13.8. The van der Waals surface area contributed by atoms with E-state index in [1.807, 2.05) is 19.1 Å². The summed E-state index contributed by atoms with van der Waals surface area (Å²) in [5, 5.41) is 15.0. The molecule has 0 radical (unpaired) electrons. The molecule has 38 heavy (non-hydrogen) atoms. The smallest absolute Gasteiger partial charge is 0.408 e. The Bertz CT molecular complexity index is 1230. The minimum absolute atomic E-state index is 0.290. The van der Waals surface area contributed by atoms with E-state index < -0.39 is 54.5 Å². The summed E-state index contributed by atoms with van der Waals surface area (Å²) in [6.45, 7) is 7.94. The number of anilines is 1. The average Bonchev–Trinajstić information content (AvgIpc) is 2.79. The highest BCUT2D eigenvalue weighted by atomic mass is 35.5. The number of alkyl carbamates (subject to hydrolysis) is 1. The Labute approximate surface area is 227 Å². The number of nitriles is 1. The average molecular weight is 542 g/mol. The number of nitrogens with two attached hydrogens (primary N) is 1. The first-order valence-corrected chi connectivity index (χ1v) is 12.2. The summed E-state index contributed by atoms with van der Waals surface area (Å²) in [7, 11) is 0. The molecule has 0 spiro atoms. The molecule has 0 saturated carbocycles. The molecule has 0 aromatic heterocycles. The topological polar surface area (TPSA) is 155 Å². The van der Waals surface area contributed by atoms with Crippen molar-refractivity contribution in [3.63, 3.8) is 0 Å². The van der Waals surface area contributed by atoms with Gasteiger partial charge in [0.25, 0.3) is 5.91 Å². The summed E-state index contributed by atoms with van der Waals surface area (Å²) in [6.07, 6.45) is -1.54. The maximum atomic E-state index is 13.8. The van der Waals surface area contributed by atoms with E-state index in [4.69, 9.17) is 22.1 Å². The predicted octanol–water partition coefficient (Wildman–Crippen LogP) is 3.76. The van der Waals surface area contributed by atoms with Gasteiger partial charge in [0, 0.05) is 0 Å². The summed E-state index contributed by atoms with van der Waals surface area (Å²) < 4.78 is 5.22. The Kier molecular flexibility index (Phi) is 10.2. The second kappa shape index (κ2) is 12.9. The molecule has 10 nitrogen and oxygen atoms in total. The lowest BCUT2D eigenvalue weighted by atomic mass is 10.00. The monoisotopic (exact) mass is 541 g/mol. The number of aryl methyl sites for hydroxylation is 2. The number of carbonyl (C=O) groups excluding carboxylic acids is 4. The van der Waals surface area contributed by atoms with E-state index in [-0.39, 0.29) is 5.02 Å². The van der Waals surface area contributed by atoms with Gasteiger partial charge in [0.05, 0.1) is 23.2 Å². The molecular formula is C27H32ClN5O5. The van der Waals surface area contributed by atoms with Gasteiger partial charge in [-0.05, 0) is 51.8 Å². The fourth-order valence-corrected chi connectivity index (χ4v) is 3.99. The lowest BCUT2D eigenvalue weighted by Crippen LogP contribution is -2.53. The largest absolute Gasteiger partial charge is 0.444 e. The lowest BCUT2D eigenvalue weighted by molar-refractivity contribution is -0.141. The van der Waals surface area contributed by atoms with E-state index in [9.17, 15) is 24.4 Å². The number of ether oxygens (including phenoxy) is 1. The first-order valence-electron chi connectivity index (χ1n) is 11.8. The number of hydrogen-bond acceptors (Lipinski definition) is 6. The van der Waals surface area contributed by atoms with Gasteiger partial charge in [0.1, 0.15) is 24.2 Å². The first kappa shape index (κ1) is 30.1. The number of para-hydroxylation sites is 1. The van der Waals surface area contributed by atoms with Crippen LogP contribution in [0, 0.1) is 25.2 Å². The minimum Gasteiger partial charge on any atom is -0.444 e. The fraction of sp³-hybridized carbons (Fsp3) is 0.370. The van der Waals surface area contributed by atoms with Crippen molar-refractivity contribution in [3.05, 3.63) is 64.2 Å². The van der Waals surface area contributed by atoms with Gasteiger partial charge >= 0.3 is 6.09 Å². The number of carbonyl (C=O) groups is 4. The van der Waals surface area contributed by atoms with Gasteiger partial charge in [-0.15, -0.1) is 0 Å². The van der Waals surface area contributed by atoms with Crippen LogP contribution in [0.1, 0.15) is 49.9 Å². The molecule has 0 heterocycles. The van der Waals surface area contributed by atoms with Crippen molar-refractivity contribution in [2.24, 2.45) is 5.73 Å². The zero-order valence-corrected chi connectivity index (χ0v) is 22.8. The summed E-state index contributed by atoms with van der Waals surface area (Å²) in [6, 6.07) is 11.1. The van der Waals surface area contributed by atoms with Crippen LogP contribution in [0.2, 0.25) is 5.02 Å². The van der Waals surface area contributed by atoms with Crippen LogP contribution < -0.4 is 16.4 Å². The highest BCUT2D eigenvalue weighted by Gasteiger charge is 2.37. The minimum atomic E-state index is -1.49. The van der Waals surface area contributed by atoms with Crippen LogP contribution in [-0.2, 0) is 19.1 Å². The number of hydrogen-bond donors (Lipinski definition) is 3. The SMILES string of the molecule is Cc1cccc(C(C(=O)Nc2c(C)cccc2Cl)N(CC#N)C(=O)C(CC(N)=O)NC(=O)OC(C)(C)C)c1. The van der Waals surface area contributed by atoms with Gasteiger partial charge in [-0.2, -0.15) is 5.26 Å². The standard InChI is InChI=1S/C27H32ClN5O5/c1-16-8-6-10-18(14-16)23(24(35)32-22-17(2)9-7-11-19(22)28)33(13-12-29)25(36)20(15-21(30)34)31-26(37)38-27(3,4)5/h6-11,14,20,23H,13,15H2,1-5H3,(H2,30,34)(H,31,37)(H,32,35). The Morgan fingerprint density at radius 3 is 2.34 bits per heavy atom. The molecule has 4 N–H and O–H groups in total. The van der Waals surface area contributed by atoms with Crippen molar-refractivity contribution in [1.29, 1.82) is 5.26 Å². The van der Waals surface area contributed by atoms with Crippen LogP contribution in [0.25, 0.3) is 0 Å². The van der Waals surface area contributed by atoms with Crippen molar-refractivity contribution in [3.8, 4) is 6.07 Å². The molecule has 0 aliphatic rings. The highest BCUT2D eigenvalue weighted by Crippen LogP contribution is 2.29. The summed E-state index contributed by atoms with van der Waals surface area (Å²) in [5.41, 5.74) is 6.72. The van der Waals surface area contributed by atoms with Gasteiger partial charge < -0.3 is 26.0 Å². The van der Waals surface area contributed by atoms with Crippen LogP contribution >= 0.6 is 11.6 Å². The Balaban J connectivity index is 2.56. The molecule has 2 rings (SSSR count). The molecule has 0 bridgehead atoms. The third kappa shape index (κ3) is 8.49. The molecule has 0 saturated heterocycles. The number of rotatable bonds is 9. The van der Waals surface area contributed by atoms with Crippen molar-refractivity contribution in [1.82, 2.24) is 10.2 Å². The molecule has 2 aromatic rings. The van der Waals surface area contributed by atoms with E-state index in [0.717, 1.165) is 10.5 Å². The van der Waals surface area contributed by atoms with Gasteiger partial charge in [-0.1, -0.05) is 53.6 Å². The van der Waals surface area contributed by atoms with Gasteiger partial charge in [-0.25, -0.2) is 4.79 Å². The number of benzene rings is 2. The molecule has 11 heteroatoms. The fourth-order valence-electron chi connectivity index (χ4n) is 3.72. The zero-order valence-electron chi connectivity index (χ0n) is 22.0. The van der Waals surface area contributed by atoms with Crippen LogP contribution in [-0.4, -0.2) is 46.9 Å². The van der Waals surface area contributed by atoms with E-state index >= 15 is 0 Å². The van der Waals surface area contributed by atoms with Crippen LogP contribution in [0.4, 0.5) is 10.5 Å². The molecule has 2 aromatic carbocycles. The van der Waals surface area contributed by atoms with Crippen LogP contribution in [0.5, 0.6) is 0 Å². The molecule has 2 unspecified atom stereocenters. The molecule has 0 aliphatic heterocycles. The van der Waals surface area contributed by atoms with Crippen molar-refractivity contribution in [2.45, 2.75) is 58.7 Å². The molecule has 0 aliphatic carbocycles. The van der Waals surface area contributed by atoms with Crippen LogP contribution in [0.3, 0.4) is 0 Å². The number of nitrogens with zero attached hydrogens (tertiary/aromatic N) is 2. The summed E-state index contributed by atoms with van der Waals surface area (Å²) in [4.78, 5) is 52.7. The maximum Gasteiger partial charge on any atom is 0.408 e. The van der Waals surface area contributed by atoms with E-state index in [1.54, 1.807) is 64.1 Å². The second-order valence-electron chi connectivity index (χ2n) is 9.73. The number of amides is 4. The highest BCUT2D eigenvalue weighted by molar-refractivity contribution is 6.34. The summed E-state index contributed by atoms with van der Waals surface area (Å²) in [5.74, 6) is -2.39. The third-order valence-corrected chi connectivity index (χ3v) is 5.62. The van der Waals surface area contributed by atoms with Crippen molar-refractivity contribution in [2.75, 3.05) is 11.9 Å².